The first-order valence-electron chi connectivity index (χ1n) is 7.67. The van der Waals surface area contributed by atoms with Crippen LogP contribution in [0.4, 0.5) is 4.39 Å². The first-order chi connectivity index (χ1) is 10.2. The van der Waals surface area contributed by atoms with Gasteiger partial charge in [-0.05, 0) is 43.0 Å². The predicted molar refractivity (Wildman–Crippen MR) is 81.8 cm³/mol. The molecule has 0 spiro atoms. The van der Waals surface area contributed by atoms with Crippen LogP contribution in [-0.2, 0) is 6.54 Å². The Balaban J connectivity index is 1.79. The van der Waals surface area contributed by atoms with Gasteiger partial charge in [-0.25, -0.2) is 4.39 Å². The summed E-state index contributed by atoms with van der Waals surface area (Å²) >= 11 is 0. The molecule has 2 rings (SSSR count). The van der Waals surface area contributed by atoms with Crippen molar-refractivity contribution in [2.75, 3.05) is 6.54 Å². The van der Waals surface area contributed by atoms with E-state index in [4.69, 9.17) is 10.9 Å². The van der Waals surface area contributed by atoms with Gasteiger partial charge >= 0.3 is 0 Å². The third-order valence-electron chi connectivity index (χ3n) is 4.21. The zero-order valence-corrected chi connectivity index (χ0v) is 12.3. The van der Waals surface area contributed by atoms with Crippen molar-refractivity contribution in [2.24, 2.45) is 16.8 Å². The Morgan fingerprint density at radius 2 is 2.14 bits per heavy atom. The number of halogens is 1. The molecule has 0 aliphatic heterocycles. The molecule has 0 unspecified atom stereocenters. The molecule has 0 aromatic heterocycles. The van der Waals surface area contributed by atoms with Crippen molar-refractivity contribution < 1.29 is 9.60 Å². The average molecular weight is 293 g/mol. The molecule has 0 atom stereocenters. The second-order valence-corrected chi connectivity index (χ2v) is 5.76. The maximum absolute atomic E-state index is 13.2. The number of nitrogens with two attached hydrogens (primary N) is 1. The summed E-state index contributed by atoms with van der Waals surface area (Å²) in [7, 11) is 0. The number of benzene rings is 1. The lowest BCUT2D eigenvalue weighted by molar-refractivity contribution is 0.318. The van der Waals surface area contributed by atoms with Crippen LogP contribution in [0.25, 0.3) is 0 Å². The average Bonchev–Trinajstić information content (AvgIpc) is 3.00. The summed E-state index contributed by atoms with van der Waals surface area (Å²) in [6.45, 7) is 1.53. The summed E-state index contributed by atoms with van der Waals surface area (Å²) in [5.74, 6) is 0.462. The Morgan fingerprint density at radius 1 is 1.38 bits per heavy atom. The molecule has 1 aromatic carbocycles. The highest BCUT2D eigenvalue weighted by atomic mass is 19.1. The van der Waals surface area contributed by atoms with Crippen molar-refractivity contribution in [3.8, 4) is 0 Å². The maximum atomic E-state index is 13.2. The molecule has 0 amide bonds. The van der Waals surface area contributed by atoms with E-state index in [1.807, 2.05) is 0 Å². The van der Waals surface area contributed by atoms with E-state index in [-0.39, 0.29) is 11.7 Å². The molecule has 21 heavy (non-hydrogen) atoms. The van der Waals surface area contributed by atoms with Crippen LogP contribution in [0.3, 0.4) is 0 Å². The van der Waals surface area contributed by atoms with E-state index in [2.05, 4.69) is 10.5 Å². The van der Waals surface area contributed by atoms with Crippen molar-refractivity contribution in [2.45, 2.75) is 45.1 Å². The first-order valence-corrected chi connectivity index (χ1v) is 7.67. The molecule has 116 valence electrons. The summed E-state index contributed by atoms with van der Waals surface area (Å²) in [5.41, 5.74) is 6.87. The standard InChI is InChI=1S/C16H24FN3O/c17-14-8-7-13(15(10-14)16(18)20-21)11-19-9-3-6-12-4-1-2-5-12/h7-8,10,12,19,21H,1-6,9,11H2,(H2,18,20). The van der Waals surface area contributed by atoms with Gasteiger partial charge in [0.05, 0.1) is 0 Å². The van der Waals surface area contributed by atoms with Crippen LogP contribution in [0, 0.1) is 11.7 Å². The van der Waals surface area contributed by atoms with Gasteiger partial charge in [0.15, 0.2) is 5.84 Å². The fourth-order valence-electron chi connectivity index (χ4n) is 3.03. The molecule has 1 aliphatic rings. The number of hydrogen-bond acceptors (Lipinski definition) is 3. The van der Waals surface area contributed by atoms with E-state index in [9.17, 15) is 4.39 Å². The van der Waals surface area contributed by atoms with Gasteiger partial charge in [0.25, 0.3) is 0 Å². The Hall–Kier alpha value is -1.62. The second-order valence-electron chi connectivity index (χ2n) is 5.76. The summed E-state index contributed by atoms with van der Waals surface area (Å²) in [6, 6.07) is 4.36. The number of rotatable bonds is 7. The van der Waals surface area contributed by atoms with Crippen LogP contribution in [0.1, 0.15) is 49.7 Å². The maximum Gasteiger partial charge on any atom is 0.170 e. The van der Waals surface area contributed by atoms with Crippen LogP contribution in [0.2, 0.25) is 0 Å². The third kappa shape index (κ3) is 4.70. The lowest BCUT2D eigenvalue weighted by Gasteiger charge is -2.11. The van der Waals surface area contributed by atoms with Crippen molar-refractivity contribution in [3.05, 3.63) is 35.1 Å². The van der Waals surface area contributed by atoms with Gasteiger partial charge < -0.3 is 16.3 Å². The van der Waals surface area contributed by atoms with Crippen molar-refractivity contribution in [1.82, 2.24) is 5.32 Å². The molecule has 4 nitrogen and oxygen atoms in total. The van der Waals surface area contributed by atoms with Gasteiger partial charge in [0, 0.05) is 12.1 Å². The summed E-state index contributed by atoms with van der Waals surface area (Å²) < 4.78 is 13.2. The largest absolute Gasteiger partial charge is 0.409 e. The molecule has 1 saturated carbocycles. The minimum atomic E-state index is -0.387. The Kier molecular flexibility index (Phi) is 5.99. The number of amidine groups is 1. The van der Waals surface area contributed by atoms with E-state index in [1.165, 1.54) is 44.2 Å². The van der Waals surface area contributed by atoms with Crippen LogP contribution < -0.4 is 11.1 Å². The fourth-order valence-corrected chi connectivity index (χ4v) is 3.03. The van der Waals surface area contributed by atoms with Gasteiger partial charge in [0.2, 0.25) is 0 Å². The molecule has 1 aromatic rings. The molecule has 0 radical (unpaired) electrons. The van der Waals surface area contributed by atoms with Crippen molar-refractivity contribution in [1.29, 1.82) is 0 Å². The number of oxime groups is 1. The van der Waals surface area contributed by atoms with Gasteiger partial charge in [-0.3, -0.25) is 0 Å². The van der Waals surface area contributed by atoms with E-state index in [1.54, 1.807) is 6.07 Å². The van der Waals surface area contributed by atoms with Crippen LogP contribution in [0.15, 0.2) is 23.4 Å². The van der Waals surface area contributed by atoms with Crippen molar-refractivity contribution >= 4 is 5.84 Å². The molecule has 0 saturated heterocycles. The summed E-state index contributed by atoms with van der Waals surface area (Å²) in [5, 5.41) is 15.1. The van der Waals surface area contributed by atoms with E-state index in [0.717, 1.165) is 24.4 Å². The molecule has 0 bridgehead atoms. The van der Waals surface area contributed by atoms with Crippen LogP contribution in [-0.4, -0.2) is 17.6 Å². The molecular weight excluding hydrogens is 269 g/mol. The molecule has 5 heteroatoms. The summed E-state index contributed by atoms with van der Waals surface area (Å²) in [4.78, 5) is 0. The first kappa shape index (κ1) is 15.8. The number of hydrogen-bond donors (Lipinski definition) is 3. The lowest BCUT2D eigenvalue weighted by atomic mass is 10.0. The molecule has 4 N–H and O–H groups in total. The van der Waals surface area contributed by atoms with Gasteiger partial charge in [-0.1, -0.05) is 36.9 Å². The highest BCUT2D eigenvalue weighted by Gasteiger charge is 2.14. The Labute approximate surface area is 125 Å². The SMILES string of the molecule is N/C(=N/O)c1cc(F)ccc1CNCCCC1CCCC1. The van der Waals surface area contributed by atoms with Crippen LogP contribution in [0.5, 0.6) is 0 Å². The zero-order valence-electron chi connectivity index (χ0n) is 12.3. The van der Waals surface area contributed by atoms with E-state index in [0.29, 0.717) is 12.1 Å². The fraction of sp³-hybridized carbons (Fsp3) is 0.562. The second kappa shape index (κ2) is 7.98. The number of nitrogens with one attached hydrogen (secondary N) is 1. The highest BCUT2D eigenvalue weighted by Crippen LogP contribution is 2.28. The van der Waals surface area contributed by atoms with Gasteiger partial charge in [-0.2, -0.15) is 0 Å². The molecule has 1 fully saturated rings. The zero-order chi connectivity index (χ0) is 15.1. The molecular formula is C16H24FN3O. The highest BCUT2D eigenvalue weighted by molar-refractivity contribution is 5.98. The predicted octanol–water partition coefficient (Wildman–Crippen LogP) is 2.98. The summed E-state index contributed by atoms with van der Waals surface area (Å²) in [6.07, 6.45) is 7.97. The van der Waals surface area contributed by atoms with Gasteiger partial charge in [0.1, 0.15) is 5.82 Å². The molecule has 0 heterocycles. The Morgan fingerprint density at radius 3 is 2.86 bits per heavy atom. The normalized spacial score (nSPS) is 16.5. The monoisotopic (exact) mass is 293 g/mol. The minimum absolute atomic E-state index is 0.0581. The third-order valence-corrected chi connectivity index (χ3v) is 4.21. The topological polar surface area (TPSA) is 70.6 Å². The lowest BCUT2D eigenvalue weighted by Crippen LogP contribution is -2.21. The smallest absolute Gasteiger partial charge is 0.170 e. The van der Waals surface area contributed by atoms with Gasteiger partial charge in [-0.15, -0.1) is 0 Å². The Bertz CT molecular complexity index is 484. The van der Waals surface area contributed by atoms with E-state index < -0.39 is 0 Å². The van der Waals surface area contributed by atoms with Crippen LogP contribution >= 0.6 is 0 Å². The minimum Gasteiger partial charge on any atom is -0.409 e. The molecule has 1 aliphatic carbocycles. The van der Waals surface area contributed by atoms with Crippen molar-refractivity contribution in [3.63, 3.8) is 0 Å². The quantitative estimate of drug-likeness (QED) is 0.238. The number of nitrogens with zero attached hydrogens (tertiary/aromatic N) is 1. The van der Waals surface area contributed by atoms with E-state index >= 15 is 0 Å².